The van der Waals surface area contributed by atoms with Gasteiger partial charge in [-0.05, 0) is 55.5 Å². The van der Waals surface area contributed by atoms with Crippen molar-refractivity contribution < 1.29 is 28.7 Å². The lowest BCUT2D eigenvalue weighted by atomic mass is 10.1. The van der Waals surface area contributed by atoms with Gasteiger partial charge in [0.15, 0.2) is 11.5 Å². The predicted octanol–water partition coefficient (Wildman–Crippen LogP) is 3.26. The molecule has 0 saturated heterocycles. The molecular weight excluding hydrogens is 438 g/mol. The number of rotatable bonds is 6. The monoisotopic (exact) mass is 461 g/mol. The lowest BCUT2D eigenvalue weighted by Crippen LogP contribution is -2.41. The summed E-state index contributed by atoms with van der Waals surface area (Å²) in [6.45, 7) is 3.14. The molecule has 0 heterocycles. The van der Waals surface area contributed by atoms with E-state index in [0.717, 1.165) is 5.56 Å². The Hall–Kier alpha value is -4.66. The number of nitrogens with one attached hydrogen (secondary N) is 3. The van der Waals surface area contributed by atoms with Crippen molar-refractivity contribution in [2.24, 2.45) is 0 Å². The minimum atomic E-state index is -0.607. The van der Waals surface area contributed by atoms with E-state index in [9.17, 15) is 19.2 Å². The third-order valence-electron chi connectivity index (χ3n) is 4.63. The summed E-state index contributed by atoms with van der Waals surface area (Å²) in [6.07, 6.45) is 0. The van der Waals surface area contributed by atoms with Crippen LogP contribution in [-0.4, -0.2) is 30.8 Å². The Morgan fingerprint density at radius 1 is 0.706 bits per heavy atom. The van der Waals surface area contributed by atoms with E-state index in [1.165, 1.54) is 38.3 Å². The summed E-state index contributed by atoms with van der Waals surface area (Å²) in [4.78, 5) is 48.5. The molecule has 0 radical (unpaired) electrons. The summed E-state index contributed by atoms with van der Waals surface area (Å²) < 4.78 is 10.1. The van der Waals surface area contributed by atoms with Gasteiger partial charge in [0.05, 0.1) is 7.11 Å². The molecule has 9 heteroatoms. The standard InChI is InChI=1S/C25H23N3O6/c1-15-6-4-7-17(12-15)23(30)26-20-9-5-8-18(13-20)24(31)27-28-25(32)19-10-11-21(34-16(2)29)22(14-19)33-3/h4-14H,1-3H3,(H,26,30)(H,27,31)(H,28,32). The fraction of sp³-hybridized carbons (Fsp3) is 0.120. The van der Waals surface area contributed by atoms with Gasteiger partial charge in [0.2, 0.25) is 0 Å². The van der Waals surface area contributed by atoms with Crippen LogP contribution in [0.2, 0.25) is 0 Å². The van der Waals surface area contributed by atoms with E-state index < -0.39 is 17.8 Å². The molecule has 0 fully saturated rings. The van der Waals surface area contributed by atoms with E-state index in [4.69, 9.17) is 9.47 Å². The first-order valence-electron chi connectivity index (χ1n) is 10.2. The van der Waals surface area contributed by atoms with Gasteiger partial charge >= 0.3 is 5.97 Å². The zero-order valence-electron chi connectivity index (χ0n) is 18.8. The van der Waals surface area contributed by atoms with Gasteiger partial charge < -0.3 is 14.8 Å². The predicted molar refractivity (Wildman–Crippen MR) is 125 cm³/mol. The lowest BCUT2D eigenvalue weighted by molar-refractivity contribution is -0.132. The second-order valence-electron chi connectivity index (χ2n) is 7.27. The van der Waals surface area contributed by atoms with Crippen molar-refractivity contribution in [1.82, 2.24) is 10.9 Å². The minimum absolute atomic E-state index is 0.167. The topological polar surface area (TPSA) is 123 Å². The number of carbonyl (C=O) groups is 4. The highest BCUT2D eigenvalue weighted by Crippen LogP contribution is 2.28. The summed E-state index contributed by atoms with van der Waals surface area (Å²) in [5.74, 6) is -1.67. The first-order valence-corrected chi connectivity index (χ1v) is 10.2. The zero-order valence-corrected chi connectivity index (χ0v) is 18.8. The highest BCUT2D eigenvalue weighted by atomic mass is 16.6. The van der Waals surface area contributed by atoms with E-state index in [0.29, 0.717) is 11.3 Å². The van der Waals surface area contributed by atoms with Gasteiger partial charge in [0.25, 0.3) is 17.7 Å². The van der Waals surface area contributed by atoms with Crippen molar-refractivity contribution >= 4 is 29.4 Å². The first kappa shape index (κ1) is 24.0. The van der Waals surface area contributed by atoms with Crippen LogP contribution in [0, 0.1) is 6.92 Å². The molecule has 3 rings (SSSR count). The van der Waals surface area contributed by atoms with Crippen LogP contribution in [0.5, 0.6) is 11.5 Å². The Balaban J connectivity index is 1.63. The van der Waals surface area contributed by atoms with Gasteiger partial charge in [-0.3, -0.25) is 30.0 Å². The van der Waals surface area contributed by atoms with E-state index in [1.807, 2.05) is 13.0 Å². The molecule has 0 saturated carbocycles. The van der Waals surface area contributed by atoms with E-state index in [1.54, 1.807) is 36.4 Å². The average Bonchev–Trinajstić information content (AvgIpc) is 2.82. The van der Waals surface area contributed by atoms with Crippen LogP contribution in [0.3, 0.4) is 0 Å². The molecular formula is C25H23N3O6. The molecule has 0 aliphatic carbocycles. The fourth-order valence-electron chi connectivity index (χ4n) is 3.03. The van der Waals surface area contributed by atoms with Crippen molar-refractivity contribution in [3.63, 3.8) is 0 Å². The molecule has 0 atom stereocenters. The van der Waals surface area contributed by atoms with E-state index in [-0.39, 0.29) is 28.5 Å². The molecule has 3 amide bonds. The van der Waals surface area contributed by atoms with Crippen LogP contribution < -0.4 is 25.6 Å². The summed E-state index contributed by atoms with van der Waals surface area (Å²) >= 11 is 0. The molecule has 34 heavy (non-hydrogen) atoms. The third-order valence-corrected chi connectivity index (χ3v) is 4.63. The molecule has 0 bridgehead atoms. The average molecular weight is 461 g/mol. The molecule has 0 aliphatic rings. The maximum absolute atomic E-state index is 12.5. The number of methoxy groups -OCH3 is 1. The number of hydrazine groups is 1. The minimum Gasteiger partial charge on any atom is -0.493 e. The molecule has 3 aromatic carbocycles. The van der Waals surface area contributed by atoms with Crippen molar-refractivity contribution in [1.29, 1.82) is 0 Å². The number of aryl methyl sites for hydroxylation is 1. The summed E-state index contributed by atoms with van der Waals surface area (Å²) in [5, 5.41) is 2.75. The number of hydrogen-bond acceptors (Lipinski definition) is 6. The van der Waals surface area contributed by atoms with Gasteiger partial charge in [-0.1, -0.05) is 23.8 Å². The van der Waals surface area contributed by atoms with Gasteiger partial charge in [-0.2, -0.15) is 0 Å². The number of amides is 3. The maximum atomic E-state index is 12.5. The second kappa shape index (κ2) is 10.8. The Morgan fingerprint density at radius 2 is 1.32 bits per heavy atom. The Morgan fingerprint density at radius 3 is 1.94 bits per heavy atom. The number of hydrogen-bond donors (Lipinski definition) is 3. The molecule has 174 valence electrons. The normalized spacial score (nSPS) is 10.1. The highest BCUT2D eigenvalue weighted by Gasteiger charge is 2.14. The van der Waals surface area contributed by atoms with Crippen LogP contribution in [0.15, 0.2) is 66.7 Å². The Labute approximate surface area is 196 Å². The largest absolute Gasteiger partial charge is 0.493 e. The van der Waals surface area contributed by atoms with E-state index >= 15 is 0 Å². The number of anilines is 1. The summed E-state index contributed by atoms with van der Waals surface area (Å²) in [6, 6.07) is 17.6. The molecule has 0 unspecified atom stereocenters. The molecule has 9 nitrogen and oxygen atoms in total. The van der Waals surface area contributed by atoms with Gasteiger partial charge in [0.1, 0.15) is 0 Å². The van der Waals surface area contributed by atoms with Crippen molar-refractivity contribution in [2.75, 3.05) is 12.4 Å². The number of benzene rings is 3. The van der Waals surface area contributed by atoms with Crippen LogP contribution in [0.4, 0.5) is 5.69 Å². The number of carbonyl (C=O) groups excluding carboxylic acids is 4. The SMILES string of the molecule is COc1cc(C(=O)NNC(=O)c2cccc(NC(=O)c3cccc(C)c3)c2)ccc1OC(C)=O. The fourth-order valence-corrected chi connectivity index (χ4v) is 3.03. The van der Waals surface area contributed by atoms with E-state index in [2.05, 4.69) is 16.2 Å². The van der Waals surface area contributed by atoms with Crippen LogP contribution in [0.25, 0.3) is 0 Å². The lowest BCUT2D eigenvalue weighted by Gasteiger charge is -2.11. The van der Waals surface area contributed by atoms with Crippen LogP contribution in [-0.2, 0) is 4.79 Å². The van der Waals surface area contributed by atoms with Crippen molar-refractivity contribution in [2.45, 2.75) is 13.8 Å². The third kappa shape index (κ3) is 6.19. The van der Waals surface area contributed by atoms with Crippen LogP contribution >= 0.6 is 0 Å². The zero-order chi connectivity index (χ0) is 24.7. The smallest absolute Gasteiger partial charge is 0.308 e. The quantitative estimate of drug-likeness (QED) is 0.294. The highest BCUT2D eigenvalue weighted by molar-refractivity contribution is 6.05. The van der Waals surface area contributed by atoms with Crippen molar-refractivity contribution in [3.8, 4) is 11.5 Å². The van der Waals surface area contributed by atoms with Gasteiger partial charge in [0, 0.05) is 29.3 Å². The Bertz CT molecular complexity index is 1250. The van der Waals surface area contributed by atoms with Crippen molar-refractivity contribution in [3.05, 3.63) is 89.0 Å². The molecule has 0 aromatic heterocycles. The van der Waals surface area contributed by atoms with Gasteiger partial charge in [-0.15, -0.1) is 0 Å². The van der Waals surface area contributed by atoms with Crippen LogP contribution in [0.1, 0.15) is 43.6 Å². The summed E-state index contributed by atoms with van der Waals surface area (Å²) in [5.41, 5.74) is 6.91. The molecule has 3 aromatic rings. The molecule has 0 aliphatic heterocycles. The summed E-state index contributed by atoms with van der Waals surface area (Å²) in [7, 11) is 1.37. The number of esters is 1. The van der Waals surface area contributed by atoms with Gasteiger partial charge in [-0.25, -0.2) is 0 Å². The molecule has 0 spiro atoms. The first-order chi connectivity index (χ1) is 16.3. The Kier molecular flexibility index (Phi) is 7.60. The maximum Gasteiger partial charge on any atom is 0.308 e. The molecule has 3 N–H and O–H groups in total. The number of ether oxygens (including phenoxy) is 2. The second-order valence-corrected chi connectivity index (χ2v) is 7.27.